The van der Waals surface area contributed by atoms with Crippen LogP contribution in [0.25, 0.3) is 0 Å². The summed E-state index contributed by atoms with van der Waals surface area (Å²) >= 11 is 0. The lowest BCUT2D eigenvalue weighted by molar-refractivity contribution is 0.242. The molecule has 2 aromatic rings. The summed E-state index contributed by atoms with van der Waals surface area (Å²) in [5.41, 5.74) is 0. The van der Waals surface area contributed by atoms with Crippen LogP contribution in [0.1, 0.15) is 27.7 Å². The summed E-state index contributed by atoms with van der Waals surface area (Å²) < 4.78 is 12.4. The minimum absolute atomic E-state index is 0.0141. The number of aliphatic hydroxyl groups is 1. The fourth-order valence-corrected chi connectivity index (χ4v) is 8.40. The molecule has 3 rings (SSSR count). The Balaban J connectivity index is 1.99. The molecular weight excluding hydrogens is 352 g/mol. The van der Waals surface area contributed by atoms with E-state index in [2.05, 4.69) is 94.4 Å². The Morgan fingerprint density at radius 3 is 1.96 bits per heavy atom. The largest absolute Gasteiger partial charge is 0.401 e. The van der Waals surface area contributed by atoms with Crippen molar-refractivity contribution in [2.45, 2.75) is 51.0 Å². The van der Waals surface area contributed by atoms with Crippen molar-refractivity contribution in [2.24, 2.45) is 0 Å². The van der Waals surface area contributed by atoms with E-state index in [1.807, 2.05) is 6.08 Å². The summed E-state index contributed by atoms with van der Waals surface area (Å²) in [7, 11) is -2.53. The van der Waals surface area contributed by atoms with E-state index in [1.54, 1.807) is 0 Å². The number of benzene rings is 2. The average Bonchev–Trinajstić information content (AvgIpc) is 3.43. The van der Waals surface area contributed by atoms with Crippen molar-refractivity contribution in [3.8, 4) is 0 Å². The van der Waals surface area contributed by atoms with Crippen LogP contribution in [0.15, 0.2) is 72.8 Å². The van der Waals surface area contributed by atoms with Gasteiger partial charge in [0.1, 0.15) is 12.2 Å². The molecule has 0 saturated carbocycles. The quantitative estimate of drug-likeness (QED) is 0.454. The van der Waals surface area contributed by atoms with E-state index in [0.29, 0.717) is 0 Å². The first kappa shape index (κ1) is 20.0. The Morgan fingerprint density at radius 2 is 1.56 bits per heavy atom. The van der Waals surface area contributed by atoms with Gasteiger partial charge in [0.2, 0.25) is 0 Å². The Kier molecular flexibility index (Phi) is 6.01. The maximum Gasteiger partial charge on any atom is 0.261 e. The third-order valence-electron chi connectivity index (χ3n) is 5.15. The zero-order chi connectivity index (χ0) is 19.5. The molecule has 0 radical (unpaired) electrons. The highest BCUT2D eigenvalue weighted by Crippen LogP contribution is 2.37. The molecule has 1 fully saturated rings. The van der Waals surface area contributed by atoms with Gasteiger partial charge in [0.15, 0.2) is 0 Å². The summed E-state index contributed by atoms with van der Waals surface area (Å²) in [6.45, 7) is 9.00. The van der Waals surface area contributed by atoms with Crippen molar-refractivity contribution in [3.63, 3.8) is 0 Å². The Hall–Kier alpha value is -1.72. The Labute approximate surface area is 163 Å². The summed E-state index contributed by atoms with van der Waals surface area (Å²) in [6, 6.07) is 21.3. The van der Waals surface area contributed by atoms with Crippen LogP contribution in [-0.2, 0) is 9.16 Å². The van der Waals surface area contributed by atoms with Crippen LogP contribution in [0.3, 0.4) is 0 Å². The van der Waals surface area contributed by atoms with Crippen LogP contribution in [0, 0.1) is 0 Å². The molecule has 0 unspecified atom stereocenters. The van der Waals surface area contributed by atoms with E-state index in [9.17, 15) is 0 Å². The van der Waals surface area contributed by atoms with Gasteiger partial charge in [-0.25, -0.2) is 0 Å². The van der Waals surface area contributed by atoms with Gasteiger partial charge in [-0.3, -0.25) is 0 Å². The maximum atomic E-state index is 9.15. The van der Waals surface area contributed by atoms with Crippen molar-refractivity contribution < 1.29 is 14.3 Å². The normalized spacial score (nSPS) is 21.4. The second kappa shape index (κ2) is 8.11. The van der Waals surface area contributed by atoms with Gasteiger partial charge in [-0.15, -0.1) is 0 Å². The second-order valence-corrected chi connectivity index (χ2v) is 12.4. The zero-order valence-electron chi connectivity index (χ0n) is 16.6. The molecule has 4 heteroatoms. The van der Waals surface area contributed by atoms with Gasteiger partial charge >= 0.3 is 0 Å². The fraction of sp³-hybridized carbons (Fsp3) is 0.391. The lowest BCUT2D eigenvalue weighted by Crippen LogP contribution is -2.67. The Morgan fingerprint density at radius 1 is 1.04 bits per heavy atom. The fourth-order valence-electron chi connectivity index (χ4n) is 3.75. The molecule has 1 saturated heterocycles. The second-order valence-electron chi connectivity index (χ2n) is 8.19. The number of hydrogen-bond acceptors (Lipinski definition) is 3. The highest BCUT2D eigenvalue weighted by Gasteiger charge is 2.50. The number of epoxide rings is 1. The van der Waals surface area contributed by atoms with Crippen molar-refractivity contribution in [1.29, 1.82) is 0 Å². The molecule has 1 aliphatic heterocycles. The molecule has 0 amide bonds. The molecule has 0 bridgehead atoms. The minimum Gasteiger partial charge on any atom is -0.401 e. The van der Waals surface area contributed by atoms with Crippen LogP contribution < -0.4 is 10.4 Å². The van der Waals surface area contributed by atoms with Gasteiger partial charge in [0.25, 0.3) is 8.32 Å². The first-order chi connectivity index (χ1) is 12.9. The maximum absolute atomic E-state index is 9.15. The number of ether oxygens (including phenoxy) is 1. The molecular formula is C23H30O3Si. The average molecular weight is 383 g/mol. The van der Waals surface area contributed by atoms with E-state index >= 15 is 0 Å². The molecule has 3 atom stereocenters. The van der Waals surface area contributed by atoms with E-state index in [1.165, 1.54) is 10.4 Å². The van der Waals surface area contributed by atoms with E-state index in [-0.39, 0.29) is 30.0 Å². The number of aliphatic hydroxyl groups excluding tert-OH is 1. The van der Waals surface area contributed by atoms with Crippen molar-refractivity contribution in [1.82, 2.24) is 0 Å². The molecule has 1 heterocycles. The molecule has 0 aliphatic carbocycles. The van der Waals surface area contributed by atoms with Crippen LogP contribution in [0.2, 0.25) is 5.04 Å². The Bertz CT molecular complexity index is 713. The summed E-state index contributed by atoms with van der Waals surface area (Å²) in [4.78, 5) is 0. The summed E-state index contributed by atoms with van der Waals surface area (Å²) in [5.74, 6) is 0. The number of hydrogen-bond donors (Lipinski definition) is 1. The molecule has 1 aliphatic rings. The third-order valence-corrected chi connectivity index (χ3v) is 10.3. The van der Waals surface area contributed by atoms with Crippen LogP contribution in [0.5, 0.6) is 0 Å². The van der Waals surface area contributed by atoms with Gasteiger partial charge in [-0.05, 0) is 22.3 Å². The molecule has 2 aromatic carbocycles. The summed E-state index contributed by atoms with van der Waals surface area (Å²) in [5, 5.41) is 11.7. The van der Waals surface area contributed by atoms with Crippen LogP contribution in [-0.4, -0.2) is 38.3 Å². The SMILES string of the molecule is C[C@@H](/C=C\[C@H]1O[C@@H]1CO)O[Si](c1ccccc1)(c1ccccc1)C(C)(C)C. The lowest BCUT2D eigenvalue weighted by atomic mass is 10.2. The molecule has 1 N–H and O–H groups in total. The predicted molar refractivity (Wildman–Crippen MR) is 113 cm³/mol. The molecule has 27 heavy (non-hydrogen) atoms. The van der Waals surface area contributed by atoms with E-state index < -0.39 is 8.32 Å². The molecule has 0 aromatic heterocycles. The van der Waals surface area contributed by atoms with Crippen molar-refractivity contribution >= 4 is 18.7 Å². The van der Waals surface area contributed by atoms with Crippen molar-refractivity contribution in [3.05, 3.63) is 72.8 Å². The van der Waals surface area contributed by atoms with Crippen molar-refractivity contribution in [2.75, 3.05) is 6.61 Å². The highest BCUT2D eigenvalue weighted by molar-refractivity contribution is 6.99. The van der Waals surface area contributed by atoms with Crippen LogP contribution in [0.4, 0.5) is 0 Å². The first-order valence-corrected chi connectivity index (χ1v) is 11.5. The zero-order valence-corrected chi connectivity index (χ0v) is 17.6. The molecule has 144 valence electrons. The predicted octanol–water partition coefficient (Wildman–Crippen LogP) is 3.27. The topological polar surface area (TPSA) is 42.0 Å². The number of rotatable bonds is 7. The lowest BCUT2D eigenvalue weighted by Gasteiger charge is -2.44. The van der Waals surface area contributed by atoms with Gasteiger partial charge in [-0.1, -0.05) is 93.6 Å². The van der Waals surface area contributed by atoms with E-state index in [4.69, 9.17) is 14.3 Å². The van der Waals surface area contributed by atoms with E-state index in [0.717, 1.165) is 0 Å². The molecule has 3 nitrogen and oxygen atoms in total. The smallest absolute Gasteiger partial charge is 0.261 e. The summed E-state index contributed by atoms with van der Waals surface area (Å²) in [6.07, 6.45) is 3.99. The van der Waals surface area contributed by atoms with Crippen LogP contribution >= 0.6 is 0 Å². The standard InChI is InChI=1S/C23H30O3Si/c1-18(15-16-21-22(17-24)25-21)26-27(23(2,3)4,19-11-7-5-8-12-19)20-13-9-6-10-14-20/h5-16,18,21-22,24H,17H2,1-4H3/b16-15-/t18-,21+,22+/m0/s1. The monoisotopic (exact) mass is 382 g/mol. The first-order valence-electron chi connectivity index (χ1n) is 9.62. The highest BCUT2D eigenvalue weighted by atomic mass is 28.4. The van der Waals surface area contributed by atoms with Gasteiger partial charge in [0.05, 0.1) is 12.7 Å². The molecule has 0 spiro atoms. The van der Waals surface area contributed by atoms with Gasteiger partial charge in [-0.2, -0.15) is 0 Å². The van der Waals surface area contributed by atoms with Gasteiger partial charge in [0, 0.05) is 0 Å². The minimum atomic E-state index is -2.53. The van der Waals surface area contributed by atoms with Gasteiger partial charge < -0.3 is 14.3 Å². The third kappa shape index (κ3) is 4.24.